The van der Waals surface area contributed by atoms with Gasteiger partial charge in [-0.2, -0.15) is 0 Å². The minimum atomic E-state index is -1.01. The van der Waals surface area contributed by atoms with Crippen LogP contribution in [0.1, 0.15) is 47.8 Å². The SMILES string of the molecule is Cc1c(O)c(C)c(C2Cc3ccccc3O2)c(O)c1C=CC(C)(C)O. The van der Waals surface area contributed by atoms with E-state index in [4.69, 9.17) is 4.74 Å². The first-order valence-corrected chi connectivity index (χ1v) is 8.40. The van der Waals surface area contributed by atoms with Crippen molar-refractivity contribution in [2.45, 2.75) is 45.8 Å². The number of phenols is 2. The molecule has 132 valence electrons. The van der Waals surface area contributed by atoms with E-state index in [0.717, 1.165) is 11.3 Å². The lowest BCUT2D eigenvalue weighted by Gasteiger charge is -2.21. The number of hydrogen-bond donors (Lipinski definition) is 3. The van der Waals surface area contributed by atoms with Crippen LogP contribution in [0.25, 0.3) is 6.08 Å². The lowest BCUT2D eigenvalue weighted by Crippen LogP contribution is -2.13. The quantitative estimate of drug-likeness (QED) is 0.733. The summed E-state index contributed by atoms with van der Waals surface area (Å²) < 4.78 is 6.01. The Bertz CT molecular complexity index is 819. The van der Waals surface area contributed by atoms with Crippen LogP contribution in [0.3, 0.4) is 0 Å². The van der Waals surface area contributed by atoms with Crippen molar-refractivity contribution in [1.29, 1.82) is 0 Å². The molecule has 0 saturated carbocycles. The minimum Gasteiger partial charge on any atom is -0.507 e. The molecule has 3 rings (SSSR count). The zero-order chi connectivity index (χ0) is 18.4. The van der Waals surface area contributed by atoms with Crippen LogP contribution in [0.15, 0.2) is 30.3 Å². The predicted octanol–water partition coefficient (Wildman–Crippen LogP) is 4.17. The average Bonchev–Trinajstić information content (AvgIpc) is 2.95. The van der Waals surface area contributed by atoms with E-state index in [2.05, 4.69) is 0 Å². The fraction of sp³-hybridized carbons (Fsp3) is 0.333. The van der Waals surface area contributed by atoms with Crippen molar-refractivity contribution in [2.24, 2.45) is 0 Å². The third kappa shape index (κ3) is 3.22. The first-order valence-electron chi connectivity index (χ1n) is 8.40. The van der Waals surface area contributed by atoms with E-state index in [0.29, 0.717) is 28.7 Å². The van der Waals surface area contributed by atoms with E-state index >= 15 is 0 Å². The summed E-state index contributed by atoms with van der Waals surface area (Å²) in [6.45, 7) is 6.84. The summed E-state index contributed by atoms with van der Waals surface area (Å²) in [7, 11) is 0. The summed E-state index contributed by atoms with van der Waals surface area (Å²) >= 11 is 0. The highest BCUT2D eigenvalue weighted by atomic mass is 16.5. The summed E-state index contributed by atoms with van der Waals surface area (Å²) in [5.74, 6) is 1.04. The van der Waals surface area contributed by atoms with Crippen molar-refractivity contribution in [3.63, 3.8) is 0 Å². The molecular weight excluding hydrogens is 316 g/mol. The number of aromatic hydroxyl groups is 2. The molecule has 25 heavy (non-hydrogen) atoms. The number of hydrogen-bond acceptors (Lipinski definition) is 4. The number of phenolic OH excluding ortho intramolecular Hbond substituents is 2. The number of fused-ring (bicyclic) bond motifs is 1. The van der Waals surface area contributed by atoms with Gasteiger partial charge in [0.2, 0.25) is 0 Å². The van der Waals surface area contributed by atoms with Crippen LogP contribution in [0, 0.1) is 13.8 Å². The molecule has 0 amide bonds. The molecule has 2 aromatic carbocycles. The van der Waals surface area contributed by atoms with E-state index < -0.39 is 5.60 Å². The van der Waals surface area contributed by atoms with Gasteiger partial charge in [0.15, 0.2) is 0 Å². The van der Waals surface area contributed by atoms with Crippen LogP contribution in [-0.2, 0) is 6.42 Å². The smallest absolute Gasteiger partial charge is 0.132 e. The van der Waals surface area contributed by atoms with Gasteiger partial charge in [-0.05, 0) is 39.3 Å². The maximum absolute atomic E-state index is 10.9. The summed E-state index contributed by atoms with van der Waals surface area (Å²) in [6, 6.07) is 7.79. The van der Waals surface area contributed by atoms with Gasteiger partial charge in [-0.15, -0.1) is 0 Å². The summed E-state index contributed by atoms with van der Waals surface area (Å²) in [5, 5.41) is 31.4. The number of aliphatic hydroxyl groups is 1. The van der Waals surface area contributed by atoms with Crippen molar-refractivity contribution in [3.8, 4) is 17.2 Å². The average molecular weight is 340 g/mol. The summed E-state index contributed by atoms with van der Waals surface area (Å²) in [6.07, 6.45) is 3.54. The topological polar surface area (TPSA) is 69.9 Å². The number of benzene rings is 2. The molecule has 0 bridgehead atoms. The molecule has 4 heteroatoms. The van der Waals surface area contributed by atoms with Gasteiger partial charge in [0.05, 0.1) is 5.60 Å². The Morgan fingerprint density at radius 1 is 1.08 bits per heavy atom. The Balaban J connectivity index is 2.09. The first kappa shape index (κ1) is 17.4. The minimum absolute atomic E-state index is 0.0890. The molecule has 1 aliphatic rings. The molecule has 0 aliphatic carbocycles. The Labute approximate surface area is 148 Å². The second kappa shape index (κ2) is 6.12. The van der Waals surface area contributed by atoms with Crippen molar-refractivity contribution >= 4 is 6.08 Å². The van der Waals surface area contributed by atoms with Crippen LogP contribution < -0.4 is 4.74 Å². The van der Waals surface area contributed by atoms with Crippen LogP contribution in [0.4, 0.5) is 0 Å². The van der Waals surface area contributed by atoms with Gasteiger partial charge in [0.25, 0.3) is 0 Å². The Hall–Kier alpha value is -2.46. The van der Waals surface area contributed by atoms with Crippen LogP contribution in [0.2, 0.25) is 0 Å². The molecule has 1 heterocycles. The molecule has 1 aliphatic heterocycles. The fourth-order valence-corrected chi connectivity index (χ4v) is 3.26. The highest BCUT2D eigenvalue weighted by Crippen LogP contribution is 2.46. The lowest BCUT2D eigenvalue weighted by molar-refractivity contribution is 0.134. The largest absolute Gasteiger partial charge is 0.507 e. The van der Waals surface area contributed by atoms with E-state index in [1.807, 2.05) is 24.3 Å². The summed E-state index contributed by atoms with van der Waals surface area (Å²) in [4.78, 5) is 0. The highest BCUT2D eigenvalue weighted by Gasteiger charge is 2.30. The molecule has 1 unspecified atom stereocenters. The van der Waals surface area contributed by atoms with Gasteiger partial charge in [0.1, 0.15) is 23.4 Å². The Morgan fingerprint density at radius 2 is 1.76 bits per heavy atom. The Kier molecular flexibility index (Phi) is 4.25. The van der Waals surface area contributed by atoms with Crippen molar-refractivity contribution in [3.05, 3.63) is 58.2 Å². The zero-order valence-corrected chi connectivity index (χ0v) is 15.0. The molecule has 0 fully saturated rings. The number of ether oxygens (including phenoxy) is 1. The molecule has 0 aromatic heterocycles. The van der Waals surface area contributed by atoms with Crippen molar-refractivity contribution in [2.75, 3.05) is 0 Å². The van der Waals surface area contributed by atoms with Gasteiger partial charge < -0.3 is 20.1 Å². The molecule has 1 atom stereocenters. The lowest BCUT2D eigenvalue weighted by atomic mass is 9.91. The van der Waals surface area contributed by atoms with Gasteiger partial charge in [0, 0.05) is 28.7 Å². The maximum atomic E-state index is 10.9. The van der Waals surface area contributed by atoms with E-state index in [1.54, 1.807) is 39.8 Å². The normalized spacial score (nSPS) is 16.9. The second-order valence-electron chi connectivity index (χ2n) is 7.18. The second-order valence-corrected chi connectivity index (χ2v) is 7.18. The number of rotatable bonds is 3. The summed E-state index contributed by atoms with van der Waals surface area (Å²) in [5.41, 5.74) is 2.36. The van der Waals surface area contributed by atoms with E-state index in [-0.39, 0.29) is 17.6 Å². The molecule has 2 aromatic rings. The van der Waals surface area contributed by atoms with Gasteiger partial charge in [-0.1, -0.05) is 30.4 Å². The Morgan fingerprint density at radius 3 is 2.40 bits per heavy atom. The van der Waals surface area contributed by atoms with Gasteiger partial charge >= 0.3 is 0 Å². The molecule has 0 spiro atoms. The third-order valence-corrected chi connectivity index (χ3v) is 4.66. The fourth-order valence-electron chi connectivity index (χ4n) is 3.26. The van der Waals surface area contributed by atoms with Crippen LogP contribution in [-0.4, -0.2) is 20.9 Å². The molecule has 0 saturated heterocycles. The van der Waals surface area contributed by atoms with E-state index in [1.165, 1.54) is 0 Å². The standard InChI is InChI=1S/C21H24O4/c1-12-15(9-10-21(3,4)24)20(23)18(13(2)19(12)22)17-11-14-7-5-6-8-16(14)25-17/h5-10,17,22-24H,11H2,1-4H3. The third-order valence-electron chi connectivity index (χ3n) is 4.66. The monoisotopic (exact) mass is 340 g/mol. The molecular formula is C21H24O4. The van der Waals surface area contributed by atoms with Crippen LogP contribution in [0.5, 0.6) is 17.2 Å². The number of para-hydroxylation sites is 1. The molecule has 0 radical (unpaired) electrons. The van der Waals surface area contributed by atoms with Gasteiger partial charge in [-0.25, -0.2) is 0 Å². The van der Waals surface area contributed by atoms with Crippen molar-refractivity contribution in [1.82, 2.24) is 0 Å². The maximum Gasteiger partial charge on any atom is 0.132 e. The van der Waals surface area contributed by atoms with Crippen LogP contribution >= 0.6 is 0 Å². The first-order chi connectivity index (χ1) is 11.7. The zero-order valence-electron chi connectivity index (χ0n) is 15.0. The predicted molar refractivity (Wildman–Crippen MR) is 98.1 cm³/mol. The molecule has 4 nitrogen and oxygen atoms in total. The van der Waals surface area contributed by atoms with Crippen molar-refractivity contribution < 1.29 is 20.1 Å². The van der Waals surface area contributed by atoms with Gasteiger partial charge in [-0.3, -0.25) is 0 Å². The van der Waals surface area contributed by atoms with E-state index in [9.17, 15) is 15.3 Å². The highest BCUT2D eigenvalue weighted by molar-refractivity contribution is 5.70. The molecule has 3 N–H and O–H groups in total.